The van der Waals surface area contributed by atoms with Gasteiger partial charge in [0.2, 0.25) is 0 Å². The fourth-order valence-corrected chi connectivity index (χ4v) is 3.64. The molecule has 0 aliphatic carbocycles. The molecule has 4 rings (SSSR count). The molecular formula is C19H16ClF3N4O2. The van der Waals surface area contributed by atoms with E-state index in [0.29, 0.717) is 28.4 Å². The molecule has 1 aliphatic heterocycles. The minimum absolute atomic E-state index is 0.0620. The lowest BCUT2D eigenvalue weighted by molar-refractivity contribution is -0.137. The zero-order valence-electron chi connectivity index (χ0n) is 15.4. The third-order valence-corrected chi connectivity index (χ3v) is 5.15. The highest BCUT2D eigenvalue weighted by atomic mass is 35.5. The number of ether oxygens (including phenoxy) is 1. The molecule has 2 N–H and O–H groups in total. The van der Waals surface area contributed by atoms with Crippen molar-refractivity contribution < 1.29 is 22.7 Å². The number of aromatic nitrogens is 2. The van der Waals surface area contributed by atoms with Crippen LogP contribution in [0.2, 0.25) is 5.02 Å². The van der Waals surface area contributed by atoms with Crippen LogP contribution in [0.15, 0.2) is 30.5 Å². The molecule has 3 heterocycles. The first-order chi connectivity index (χ1) is 13.6. The standard InChI is InChI=1S/C19H16ClF3N4O2/c1-9-18(28)26(2)13-5-10(3-4-15(13)29-9)16-14(7-24)27-8-11(19(21,22)23)6-12(20)17(27)25-16/h3-6,8-9H,7,24H2,1-2H3. The SMILES string of the molecule is CC1Oc2ccc(-c3nc4c(Cl)cc(C(F)(F)F)cn4c3CN)cc2N(C)C1=O. The van der Waals surface area contributed by atoms with Crippen molar-refractivity contribution in [1.82, 2.24) is 9.38 Å². The van der Waals surface area contributed by atoms with Crippen molar-refractivity contribution in [3.63, 3.8) is 0 Å². The maximum Gasteiger partial charge on any atom is 0.417 e. The normalized spacial score (nSPS) is 16.9. The summed E-state index contributed by atoms with van der Waals surface area (Å²) >= 11 is 6.07. The third-order valence-electron chi connectivity index (χ3n) is 4.87. The van der Waals surface area contributed by atoms with Crippen LogP contribution in [0.3, 0.4) is 0 Å². The van der Waals surface area contributed by atoms with E-state index in [-0.39, 0.29) is 23.1 Å². The molecule has 1 aliphatic rings. The van der Waals surface area contributed by atoms with E-state index >= 15 is 0 Å². The van der Waals surface area contributed by atoms with Crippen LogP contribution in [0.5, 0.6) is 5.75 Å². The molecule has 29 heavy (non-hydrogen) atoms. The van der Waals surface area contributed by atoms with Gasteiger partial charge in [0, 0.05) is 25.4 Å². The molecule has 1 aromatic carbocycles. The number of hydrogen-bond acceptors (Lipinski definition) is 4. The largest absolute Gasteiger partial charge is 0.479 e. The quantitative estimate of drug-likeness (QED) is 0.677. The first kappa shape index (κ1) is 19.5. The first-order valence-corrected chi connectivity index (χ1v) is 9.06. The van der Waals surface area contributed by atoms with Crippen LogP contribution in [-0.2, 0) is 17.5 Å². The van der Waals surface area contributed by atoms with Crippen molar-refractivity contribution in [3.8, 4) is 17.0 Å². The smallest absolute Gasteiger partial charge is 0.417 e. The first-order valence-electron chi connectivity index (χ1n) is 8.68. The summed E-state index contributed by atoms with van der Waals surface area (Å²) in [6.07, 6.45) is -4.23. The van der Waals surface area contributed by atoms with Crippen LogP contribution in [0.25, 0.3) is 16.9 Å². The predicted molar refractivity (Wildman–Crippen MR) is 102 cm³/mol. The van der Waals surface area contributed by atoms with Crippen molar-refractivity contribution in [2.24, 2.45) is 5.73 Å². The van der Waals surface area contributed by atoms with Crippen molar-refractivity contribution >= 4 is 28.8 Å². The number of carbonyl (C=O) groups excluding carboxylic acids is 1. The summed E-state index contributed by atoms with van der Waals surface area (Å²) in [7, 11) is 1.63. The van der Waals surface area contributed by atoms with Gasteiger partial charge in [-0.15, -0.1) is 0 Å². The number of halogens is 4. The highest BCUT2D eigenvalue weighted by Crippen LogP contribution is 2.39. The summed E-state index contributed by atoms with van der Waals surface area (Å²) in [5, 5.41) is -0.136. The number of benzene rings is 1. The van der Waals surface area contributed by atoms with Crippen molar-refractivity contribution in [2.75, 3.05) is 11.9 Å². The predicted octanol–water partition coefficient (Wildman–Crippen LogP) is 3.88. The fraction of sp³-hybridized carbons (Fsp3) is 0.263. The van der Waals surface area contributed by atoms with E-state index in [4.69, 9.17) is 22.1 Å². The van der Waals surface area contributed by atoms with Gasteiger partial charge in [0.1, 0.15) is 5.75 Å². The molecule has 0 bridgehead atoms. The Morgan fingerprint density at radius 2 is 2.03 bits per heavy atom. The Morgan fingerprint density at radius 1 is 1.31 bits per heavy atom. The van der Waals surface area contributed by atoms with Crippen molar-refractivity contribution in [3.05, 3.63) is 46.7 Å². The maximum atomic E-state index is 13.2. The number of likely N-dealkylation sites (N-methyl/N-ethyl adjacent to an activating group) is 1. The van der Waals surface area contributed by atoms with E-state index in [1.807, 2.05) is 0 Å². The molecule has 3 aromatic rings. The number of imidazole rings is 1. The molecule has 152 valence electrons. The summed E-state index contributed by atoms with van der Waals surface area (Å²) in [5.41, 5.74) is 6.98. The molecule has 6 nitrogen and oxygen atoms in total. The number of fused-ring (bicyclic) bond motifs is 2. The number of pyridine rings is 1. The van der Waals surface area contributed by atoms with Gasteiger partial charge in [0.05, 0.1) is 27.7 Å². The second-order valence-corrected chi connectivity index (χ2v) is 7.13. The summed E-state index contributed by atoms with van der Waals surface area (Å²) < 4.78 is 46.4. The Hall–Kier alpha value is -2.78. The van der Waals surface area contributed by atoms with Crippen LogP contribution in [0.1, 0.15) is 18.2 Å². The molecule has 0 saturated heterocycles. The zero-order chi connectivity index (χ0) is 21.1. The van der Waals surface area contributed by atoms with E-state index in [9.17, 15) is 18.0 Å². The average Bonchev–Trinajstić information content (AvgIpc) is 3.04. The summed E-state index contributed by atoms with van der Waals surface area (Å²) in [6.45, 7) is 1.60. The zero-order valence-corrected chi connectivity index (χ0v) is 16.2. The summed E-state index contributed by atoms with van der Waals surface area (Å²) in [6, 6.07) is 5.94. The van der Waals surface area contributed by atoms with Crippen LogP contribution in [0.4, 0.5) is 18.9 Å². The number of amides is 1. The fourth-order valence-electron chi connectivity index (χ4n) is 3.39. The number of nitrogens with two attached hydrogens (primary N) is 1. The second kappa shape index (κ2) is 6.64. The third kappa shape index (κ3) is 3.10. The molecule has 2 aromatic heterocycles. The lowest BCUT2D eigenvalue weighted by Gasteiger charge is -2.30. The Morgan fingerprint density at radius 3 is 2.69 bits per heavy atom. The van der Waals surface area contributed by atoms with E-state index in [2.05, 4.69) is 4.98 Å². The molecule has 0 radical (unpaired) electrons. The van der Waals surface area contributed by atoms with Gasteiger partial charge in [0.25, 0.3) is 5.91 Å². The number of hydrogen-bond donors (Lipinski definition) is 1. The van der Waals surface area contributed by atoms with Crippen LogP contribution in [0, 0.1) is 0 Å². The van der Waals surface area contributed by atoms with Crippen LogP contribution >= 0.6 is 11.6 Å². The monoisotopic (exact) mass is 424 g/mol. The topological polar surface area (TPSA) is 72.9 Å². The highest BCUT2D eigenvalue weighted by Gasteiger charge is 2.33. The van der Waals surface area contributed by atoms with E-state index in [1.54, 1.807) is 32.2 Å². The lowest BCUT2D eigenvalue weighted by Crippen LogP contribution is -2.41. The van der Waals surface area contributed by atoms with Gasteiger partial charge < -0.3 is 19.8 Å². The minimum Gasteiger partial charge on any atom is -0.479 e. The van der Waals surface area contributed by atoms with Gasteiger partial charge in [-0.2, -0.15) is 13.2 Å². The molecule has 10 heteroatoms. The second-order valence-electron chi connectivity index (χ2n) is 6.72. The van der Waals surface area contributed by atoms with E-state index in [1.165, 1.54) is 9.30 Å². The summed E-state index contributed by atoms with van der Waals surface area (Å²) in [5.74, 6) is 0.320. The van der Waals surface area contributed by atoms with E-state index in [0.717, 1.165) is 12.3 Å². The van der Waals surface area contributed by atoms with Gasteiger partial charge in [-0.25, -0.2) is 4.98 Å². The number of carbonyl (C=O) groups is 1. The number of anilines is 1. The highest BCUT2D eigenvalue weighted by molar-refractivity contribution is 6.33. The molecule has 1 atom stereocenters. The Balaban J connectivity index is 1.91. The van der Waals surface area contributed by atoms with E-state index < -0.39 is 17.8 Å². The van der Waals surface area contributed by atoms with Crippen molar-refractivity contribution in [1.29, 1.82) is 0 Å². The minimum atomic E-state index is -4.56. The molecular weight excluding hydrogens is 409 g/mol. The van der Waals surface area contributed by atoms with Gasteiger partial charge in [-0.05, 0) is 31.2 Å². The number of nitrogens with zero attached hydrogens (tertiary/aromatic N) is 3. The molecule has 0 saturated carbocycles. The molecule has 0 spiro atoms. The maximum absolute atomic E-state index is 13.2. The van der Waals surface area contributed by atoms with Gasteiger partial charge >= 0.3 is 6.18 Å². The summed E-state index contributed by atoms with van der Waals surface area (Å²) in [4.78, 5) is 18.1. The van der Waals surface area contributed by atoms with Crippen LogP contribution < -0.4 is 15.4 Å². The van der Waals surface area contributed by atoms with Gasteiger partial charge in [0.15, 0.2) is 11.8 Å². The molecule has 1 unspecified atom stereocenters. The number of alkyl halides is 3. The molecule has 1 amide bonds. The number of rotatable bonds is 2. The lowest BCUT2D eigenvalue weighted by atomic mass is 10.1. The van der Waals surface area contributed by atoms with Gasteiger partial charge in [-0.1, -0.05) is 11.6 Å². The average molecular weight is 425 g/mol. The molecule has 0 fully saturated rings. The van der Waals surface area contributed by atoms with Crippen LogP contribution in [-0.4, -0.2) is 28.4 Å². The Kier molecular flexibility index (Phi) is 4.47. The van der Waals surface area contributed by atoms with Crippen molar-refractivity contribution in [2.45, 2.75) is 25.7 Å². The Labute approximate surface area is 168 Å². The van der Waals surface area contributed by atoms with Gasteiger partial charge in [-0.3, -0.25) is 4.79 Å². The Bertz CT molecular complexity index is 1140.